The van der Waals surface area contributed by atoms with Gasteiger partial charge in [-0.1, -0.05) is 13.3 Å². The minimum atomic E-state index is -0.0139. The lowest BCUT2D eigenvalue weighted by Crippen LogP contribution is -2.56. The van der Waals surface area contributed by atoms with Crippen LogP contribution < -0.4 is 5.32 Å². The Labute approximate surface area is 122 Å². The molecule has 0 atom stereocenters. The van der Waals surface area contributed by atoms with Crippen molar-refractivity contribution in [3.63, 3.8) is 0 Å². The van der Waals surface area contributed by atoms with Crippen LogP contribution in [0.15, 0.2) is 0 Å². The molecule has 116 valence electrons. The average molecular weight is 289 g/mol. The summed E-state index contributed by atoms with van der Waals surface area (Å²) in [5.41, 5.74) is 0.177. The number of ether oxygens (including phenoxy) is 1. The molecule has 0 spiro atoms. The van der Waals surface area contributed by atoms with Gasteiger partial charge in [-0.25, -0.2) is 0 Å². The molecule has 0 unspecified atom stereocenters. The van der Waals surface area contributed by atoms with Crippen molar-refractivity contribution in [2.45, 2.75) is 78.0 Å². The topological polar surface area (TPSA) is 21.3 Å². The lowest BCUT2D eigenvalue weighted by Gasteiger charge is -2.40. The Kier molecular flexibility index (Phi) is 7.52. The summed E-state index contributed by atoms with van der Waals surface area (Å²) < 4.78 is 6.13. The second-order valence-corrected chi connectivity index (χ2v) is 10.4. The molecular weight excluding hydrogens is 253 g/mol. The van der Waals surface area contributed by atoms with Crippen molar-refractivity contribution in [1.29, 1.82) is 0 Å². The van der Waals surface area contributed by atoms with Gasteiger partial charge in [0.1, 0.15) is 0 Å². The molecule has 0 amide bonds. The highest BCUT2D eigenvalue weighted by atomic mass is 31.1. The first kappa shape index (κ1) is 19.4. The summed E-state index contributed by atoms with van der Waals surface area (Å²) in [6.07, 6.45) is 3.52. The summed E-state index contributed by atoms with van der Waals surface area (Å²) in [5.74, 6) is 0. The zero-order valence-corrected chi connectivity index (χ0v) is 15.6. The third kappa shape index (κ3) is 9.82. The highest BCUT2D eigenvalue weighted by Gasteiger charge is 2.30. The Morgan fingerprint density at radius 1 is 0.947 bits per heavy atom. The first-order valence-electron chi connectivity index (χ1n) is 7.47. The number of hydrogen-bond donors (Lipinski definition) is 1. The van der Waals surface area contributed by atoms with Crippen molar-refractivity contribution >= 4 is 7.92 Å². The molecule has 0 fully saturated rings. The van der Waals surface area contributed by atoms with Crippen molar-refractivity contribution in [2.24, 2.45) is 0 Å². The van der Waals surface area contributed by atoms with E-state index in [9.17, 15) is 0 Å². The molecule has 0 saturated heterocycles. The third-order valence-corrected chi connectivity index (χ3v) is 4.49. The Bertz CT molecular complexity index is 259. The molecule has 0 aromatic heterocycles. The smallest absolute Gasteiger partial charge is 0.0650 e. The fourth-order valence-electron chi connectivity index (χ4n) is 2.83. The van der Waals surface area contributed by atoms with E-state index in [-0.39, 0.29) is 24.6 Å². The van der Waals surface area contributed by atoms with Gasteiger partial charge >= 0.3 is 0 Å². The molecule has 0 aliphatic rings. The second-order valence-electron chi connectivity index (χ2n) is 7.93. The van der Waals surface area contributed by atoms with Crippen LogP contribution in [0.25, 0.3) is 0 Å². The van der Waals surface area contributed by atoms with Gasteiger partial charge < -0.3 is 10.1 Å². The van der Waals surface area contributed by atoms with Crippen LogP contribution in [0.4, 0.5) is 0 Å². The van der Waals surface area contributed by atoms with E-state index in [1.54, 1.807) is 0 Å². The maximum Gasteiger partial charge on any atom is 0.0650 e. The van der Waals surface area contributed by atoms with Gasteiger partial charge in [0.05, 0.1) is 12.2 Å². The highest BCUT2D eigenvalue weighted by molar-refractivity contribution is 7.56. The Morgan fingerprint density at radius 2 is 1.47 bits per heavy atom. The number of hydrogen-bond acceptors (Lipinski definition) is 2. The number of nitrogens with one attached hydrogen (secondary N) is 1. The van der Waals surface area contributed by atoms with Gasteiger partial charge in [0, 0.05) is 11.1 Å². The summed E-state index contributed by atoms with van der Waals surface area (Å²) in [6, 6.07) is 0. The number of rotatable bonds is 9. The van der Waals surface area contributed by atoms with Crippen molar-refractivity contribution in [2.75, 3.05) is 26.1 Å². The van der Waals surface area contributed by atoms with Gasteiger partial charge in [-0.2, -0.15) is 0 Å². The van der Waals surface area contributed by atoms with Crippen LogP contribution in [0.3, 0.4) is 0 Å². The predicted octanol–water partition coefficient (Wildman–Crippen LogP) is 4.47. The zero-order chi connectivity index (χ0) is 15.3. The van der Waals surface area contributed by atoms with Gasteiger partial charge in [0.15, 0.2) is 0 Å². The van der Waals surface area contributed by atoms with E-state index in [0.29, 0.717) is 0 Å². The molecule has 0 saturated carbocycles. The van der Waals surface area contributed by atoms with Crippen molar-refractivity contribution < 1.29 is 4.74 Å². The van der Waals surface area contributed by atoms with Gasteiger partial charge in [-0.05, 0) is 67.5 Å². The zero-order valence-electron chi connectivity index (χ0n) is 14.7. The van der Waals surface area contributed by atoms with Crippen LogP contribution in [0, 0.1) is 0 Å². The maximum atomic E-state index is 6.13. The molecule has 0 heterocycles. The van der Waals surface area contributed by atoms with E-state index in [0.717, 1.165) is 13.0 Å². The lowest BCUT2D eigenvalue weighted by molar-refractivity contribution is -0.0513. The van der Waals surface area contributed by atoms with E-state index >= 15 is 0 Å². The molecule has 0 aliphatic heterocycles. The molecule has 0 bridgehead atoms. The minimum absolute atomic E-state index is 0.0137. The molecule has 19 heavy (non-hydrogen) atoms. The largest absolute Gasteiger partial charge is 0.374 e. The van der Waals surface area contributed by atoms with Gasteiger partial charge in [0.2, 0.25) is 0 Å². The molecule has 3 heteroatoms. The second kappa shape index (κ2) is 7.38. The van der Waals surface area contributed by atoms with E-state index in [1.807, 2.05) is 0 Å². The first-order valence-corrected chi connectivity index (χ1v) is 9.89. The first-order chi connectivity index (χ1) is 8.39. The van der Waals surface area contributed by atoms with E-state index in [1.165, 1.54) is 12.6 Å². The summed E-state index contributed by atoms with van der Waals surface area (Å²) in [7, 11) is 0.118. The van der Waals surface area contributed by atoms with Crippen LogP contribution in [0.2, 0.25) is 0 Å². The fourth-order valence-corrected chi connectivity index (χ4v) is 4.49. The Balaban J connectivity index is 4.39. The predicted molar refractivity (Wildman–Crippen MR) is 89.9 cm³/mol. The van der Waals surface area contributed by atoms with Crippen molar-refractivity contribution in [1.82, 2.24) is 5.32 Å². The fraction of sp³-hybridized carbons (Fsp3) is 1.00. The van der Waals surface area contributed by atoms with Crippen molar-refractivity contribution in [3.8, 4) is 0 Å². The average Bonchev–Trinajstić information content (AvgIpc) is 2.11. The van der Waals surface area contributed by atoms with Gasteiger partial charge in [-0.3, -0.25) is 0 Å². The summed E-state index contributed by atoms with van der Waals surface area (Å²) >= 11 is 0. The highest BCUT2D eigenvalue weighted by Crippen LogP contribution is 2.31. The lowest BCUT2D eigenvalue weighted by atomic mass is 9.98. The van der Waals surface area contributed by atoms with Crippen LogP contribution >= 0.6 is 7.92 Å². The Morgan fingerprint density at radius 3 is 1.89 bits per heavy atom. The molecule has 0 aromatic carbocycles. The van der Waals surface area contributed by atoms with E-state index < -0.39 is 0 Å². The van der Waals surface area contributed by atoms with E-state index in [4.69, 9.17) is 4.74 Å². The maximum absolute atomic E-state index is 6.13. The quantitative estimate of drug-likeness (QED) is 0.632. The molecular formula is C16H36NOP. The molecule has 0 aromatic rings. The van der Waals surface area contributed by atoms with Crippen LogP contribution in [0.1, 0.15) is 61.3 Å². The standard InChI is InChI=1S/C16H36NOP/c1-10-11-16(6,7)18-12-14(2,3)17-15(4,5)13-19(8)9/h17H,10-13H2,1-9H3. The monoisotopic (exact) mass is 289 g/mol. The molecule has 2 nitrogen and oxygen atoms in total. The summed E-state index contributed by atoms with van der Waals surface area (Å²) in [6.45, 7) is 21.1. The molecule has 1 N–H and O–H groups in total. The van der Waals surface area contributed by atoms with Gasteiger partial charge in [0.25, 0.3) is 0 Å². The van der Waals surface area contributed by atoms with Crippen LogP contribution in [-0.2, 0) is 4.74 Å². The molecule has 0 rings (SSSR count). The molecule has 0 aliphatic carbocycles. The van der Waals surface area contributed by atoms with Crippen molar-refractivity contribution in [3.05, 3.63) is 0 Å². The molecule has 0 radical (unpaired) electrons. The van der Waals surface area contributed by atoms with Crippen LogP contribution in [-0.4, -0.2) is 42.8 Å². The van der Waals surface area contributed by atoms with E-state index in [2.05, 4.69) is 67.1 Å². The summed E-state index contributed by atoms with van der Waals surface area (Å²) in [5, 5.41) is 3.77. The minimum Gasteiger partial charge on any atom is -0.374 e. The van der Waals surface area contributed by atoms with Gasteiger partial charge in [-0.15, -0.1) is 7.92 Å². The normalized spacial score (nSPS) is 14.2. The van der Waals surface area contributed by atoms with Crippen LogP contribution in [0.5, 0.6) is 0 Å². The summed E-state index contributed by atoms with van der Waals surface area (Å²) in [4.78, 5) is 0. The third-order valence-electron chi connectivity index (χ3n) is 3.06. The Hall–Kier alpha value is 0.350. The SMILES string of the molecule is CCCC(C)(C)OCC(C)(C)NC(C)(C)CP(C)C.